The molecule has 0 fully saturated rings. The summed E-state index contributed by atoms with van der Waals surface area (Å²) in [6.45, 7) is 1.86. The van der Waals surface area contributed by atoms with Crippen LogP contribution in [0.2, 0.25) is 0 Å². The Balaban J connectivity index is 1.36. The number of hydrogen-bond acceptors (Lipinski definition) is 7. The Morgan fingerprint density at radius 1 is 0.800 bits per heavy atom. The molecule has 2 heterocycles. The molecule has 0 aliphatic rings. The maximum absolute atomic E-state index is 13.2. The largest absolute Gasteiger partial charge is 0.368 e. The topological polar surface area (TPSA) is 157 Å². The highest BCUT2D eigenvalue weighted by Gasteiger charge is 2.16. The van der Waals surface area contributed by atoms with E-state index < -0.39 is 0 Å². The zero-order valence-corrected chi connectivity index (χ0v) is 22.0. The Morgan fingerprint density at radius 2 is 1.43 bits per heavy atom. The number of hydrogen-bond donors (Lipinski definition) is 4. The van der Waals surface area contributed by atoms with E-state index in [-0.39, 0.29) is 23.7 Å². The van der Waals surface area contributed by atoms with Crippen molar-refractivity contribution in [1.82, 2.24) is 25.1 Å². The Morgan fingerprint density at radius 3 is 2.10 bits per heavy atom. The number of nitrogens with zero attached hydrogens (tertiary/aromatic N) is 4. The molecule has 0 bridgehead atoms. The lowest BCUT2D eigenvalue weighted by Crippen LogP contribution is -2.18. The summed E-state index contributed by atoms with van der Waals surface area (Å²) in [6, 6.07) is 16.9. The minimum atomic E-state index is -0.337. The van der Waals surface area contributed by atoms with E-state index in [4.69, 9.17) is 5.73 Å². The number of aromatic nitrogens is 4. The summed E-state index contributed by atoms with van der Waals surface area (Å²) in [5, 5.41) is 13.7. The summed E-state index contributed by atoms with van der Waals surface area (Å²) in [5.74, 6) is -0.728. The molecule has 0 aliphatic carbocycles. The molecular formula is C29H26N8O3. The second-order valence-electron chi connectivity index (χ2n) is 9.13. The predicted octanol–water partition coefficient (Wildman–Crippen LogP) is 3.79. The van der Waals surface area contributed by atoms with Gasteiger partial charge >= 0.3 is 0 Å². The Kier molecular flexibility index (Phi) is 6.94. The molecule has 0 radical (unpaired) electrons. The number of fused-ring (bicyclic) bond motifs is 1. The molecule has 0 saturated carbocycles. The van der Waals surface area contributed by atoms with Crippen LogP contribution in [0.3, 0.4) is 0 Å². The fraction of sp³-hybridized carbons (Fsp3) is 0.103. The lowest BCUT2D eigenvalue weighted by Gasteiger charge is -2.12. The van der Waals surface area contributed by atoms with Gasteiger partial charge < -0.3 is 21.7 Å². The molecule has 3 aromatic carbocycles. The van der Waals surface area contributed by atoms with Crippen molar-refractivity contribution < 1.29 is 14.4 Å². The molecule has 0 atom stereocenters. The van der Waals surface area contributed by atoms with Gasteiger partial charge in [-0.3, -0.25) is 19.1 Å². The van der Waals surface area contributed by atoms with Crippen LogP contribution >= 0.6 is 0 Å². The number of anilines is 3. The number of carbonyl (C=O) groups excluding carboxylic acids is 3. The number of amides is 3. The highest BCUT2D eigenvalue weighted by molar-refractivity contribution is 6.09. The third-order valence-corrected chi connectivity index (χ3v) is 6.44. The molecule has 0 saturated heterocycles. The van der Waals surface area contributed by atoms with E-state index in [2.05, 4.69) is 31.0 Å². The summed E-state index contributed by atoms with van der Waals surface area (Å²) in [6.07, 6.45) is 3.19. The third kappa shape index (κ3) is 5.20. The fourth-order valence-electron chi connectivity index (χ4n) is 4.23. The first kappa shape index (κ1) is 26.0. The van der Waals surface area contributed by atoms with Gasteiger partial charge in [0.1, 0.15) is 5.69 Å². The van der Waals surface area contributed by atoms with Crippen LogP contribution in [0.25, 0.3) is 22.2 Å². The van der Waals surface area contributed by atoms with E-state index in [0.29, 0.717) is 39.3 Å². The van der Waals surface area contributed by atoms with Crippen LogP contribution in [0.1, 0.15) is 36.6 Å². The smallest absolute Gasteiger partial charge is 0.255 e. The van der Waals surface area contributed by atoms with Gasteiger partial charge in [0.2, 0.25) is 5.95 Å². The normalized spacial score (nSPS) is 10.8. The Hall–Kier alpha value is -5.58. The van der Waals surface area contributed by atoms with Crippen LogP contribution in [0.15, 0.2) is 73.1 Å². The van der Waals surface area contributed by atoms with Gasteiger partial charge in [-0.15, -0.1) is 0 Å². The van der Waals surface area contributed by atoms with Crippen LogP contribution in [0.4, 0.5) is 17.3 Å². The highest BCUT2D eigenvalue weighted by Crippen LogP contribution is 2.28. The molecule has 5 rings (SSSR count). The molecule has 5 aromatic rings. The third-order valence-electron chi connectivity index (χ3n) is 6.44. The van der Waals surface area contributed by atoms with Gasteiger partial charge in [-0.2, -0.15) is 5.10 Å². The van der Waals surface area contributed by atoms with E-state index in [1.165, 1.54) is 0 Å². The fourth-order valence-corrected chi connectivity index (χ4v) is 4.23. The first-order chi connectivity index (χ1) is 19.2. The number of carbonyl (C=O) groups is 3. The average Bonchev–Trinajstić information content (AvgIpc) is 3.30. The van der Waals surface area contributed by atoms with Crippen molar-refractivity contribution in [3.05, 3.63) is 95.3 Å². The Bertz CT molecular complexity index is 1760. The van der Waals surface area contributed by atoms with Crippen molar-refractivity contribution in [3.8, 4) is 11.3 Å². The number of nitrogens with one attached hydrogen (secondary N) is 3. The van der Waals surface area contributed by atoms with Gasteiger partial charge in [-0.05, 0) is 67.1 Å². The number of nitrogens with two attached hydrogens (primary N) is 1. The van der Waals surface area contributed by atoms with Crippen molar-refractivity contribution >= 4 is 45.9 Å². The van der Waals surface area contributed by atoms with Gasteiger partial charge in [0.05, 0.1) is 5.52 Å². The van der Waals surface area contributed by atoms with Gasteiger partial charge in [-0.25, -0.2) is 9.97 Å². The van der Waals surface area contributed by atoms with Crippen molar-refractivity contribution in [3.63, 3.8) is 0 Å². The van der Waals surface area contributed by atoms with Gasteiger partial charge in [-0.1, -0.05) is 6.07 Å². The number of aryl methyl sites for hydroxylation is 2. The van der Waals surface area contributed by atoms with E-state index in [0.717, 1.165) is 16.5 Å². The first-order valence-electron chi connectivity index (χ1n) is 12.3. The summed E-state index contributed by atoms with van der Waals surface area (Å²) >= 11 is 0. The maximum atomic E-state index is 13.2. The summed E-state index contributed by atoms with van der Waals surface area (Å²) in [7, 11) is 3.37. The van der Waals surface area contributed by atoms with Crippen LogP contribution in [-0.2, 0) is 7.05 Å². The zero-order valence-electron chi connectivity index (χ0n) is 22.0. The van der Waals surface area contributed by atoms with Crippen LogP contribution < -0.4 is 21.7 Å². The second-order valence-corrected chi connectivity index (χ2v) is 9.13. The molecule has 11 nitrogen and oxygen atoms in total. The van der Waals surface area contributed by atoms with E-state index in [1.807, 2.05) is 26.1 Å². The molecule has 5 N–H and O–H groups in total. The maximum Gasteiger partial charge on any atom is 0.255 e. The quantitative estimate of drug-likeness (QED) is 0.258. The van der Waals surface area contributed by atoms with E-state index in [1.54, 1.807) is 72.7 Å². The summed E-state index contributed by atoms with van der Waals surface area (Å²) in [5.41, 5.74) is 10.9. The average molecular weight is 535 g/mol. The lowest BCUT2D eigenvalue weighted by atomic mass is 10.1. The Labute approximate surface area is 229 Å². The van der Waals surface area contributed by atoms with Crippen LogP contribution in [-0.4, -0.2) is 44.5 Å². The minimum absolute atomic E-state index is 0.164. The monoisotopic (exact) mass is 534 g/mol. The molecule has 40 heavy (non-hydrogen) atoms. The highest BCUT2D eigenvalue weighted by atomic mass is 16.2. The molecular weight excluding hydrogens is 508 g/mol. The summed E-state index contributed by atoms with van der Waals surface area (Å²) < 4.78 is 1.73. The molecule has 2 aromatic heterocycles. The van der Waals surface area contributed by atoms with Crippen LogP contribution in [0, 0.1) is 6.92 Å². The van der Waals surface area contributed by atoms with Crippen LogP contribution in [0.5, 0.6) is 0 Å². The zero-order chi connectivity index (χ0) is 28.4. The van der Waals surface area contributed by atoms with Crippen molar-refractivity contribution in [2.24, 2.45) is 7.05 Å². The second kappa shape index (κ2) is 10.7. The molecule has 3 amide bonds. The standard InChI is InChI=1S/C29H26N8O3/c1-16-4-10-21(13-23(16)35-27(39)18-7-5-17(6-8-18)26(38)31-2)34-28(40)19-9-11-24-22(12-19)25(36-37(24)3)20-14-32-29(30)33-15-20/h4-15H,1-3H3,(H,31,38)(H,34,40)(H,35,39)(H2,30,32,33). The lowest BCUT2D eigenvalue weighted by molar-refractivity contribution is 0.0960. The summed E-state index contributed by atoms with van der Waals surface area (Å²) in [4.78, 5) is 45.9. The van der Waals surface area contributed by atoms with E-state index in [9.17, 15) is 14.4 Å². The number of nitrogen functional groups attached to an aromatic ring is 1. The van der Waals surface area contributed by atoms with Gasteiger partial charge in [0.15, 0.2) is 0 Å². The molecule has 0 spiro atoms. The van der Waals surface area contributed by atoms with Crippen molar-refractivity contribution in [1.29, 1.82) is 0 Å². The molecule has 0 unspecified atom stereocenters. The van der Waals surface area contributed by atoms with Gasteiger partial charge in [0, 0.05) is 65.5 Å². The van der Waals surface area contributed by atoms with Crippen molar-refractivity contribution in [2.45, 2.75) is 6.92 Å². The minimum Gasteiger partial charge on any atom is -0.368 e. The molecule has 0 aliphatic heterocycles. The predicted molar refractivity (Wildman–Crippen MR) is 153 cm³/mol. The first-order valence-corrected chi connectivity index (χ1v) is 12.3. The SMILES string of the molecule is CNC(=O)c1ccc(C(=O)Nc2cc(NC(=O)c3ccc4c(c3)c(-c3cnc(N)nc3)nn4C)ccc2C)cc1. The molecule has 200 valence electrons. The van der Waals surface area contributed by atoms with Crippen molar-refractivity contribution in [2.75, 3.05) is 23.4 Å². The number of rotatable bonds is 6. The number of benzene rings is 3. The van der Waals surface area contributed by atoms with E-state index >= 15 is 0 Å². The van der Waals surface area contributed by atoms with Gasteiger partial charge in [0.25, 0.3) is 17.7 Å². The molecule has 11 heteroatoms.